The van der Waals surface area contributed by atoms with Gasteiger partial charge in [0.15, 0.2) is 0 Å². The van der Waals surface area contributed by atoms with Crippen LogP contribution in [-0.2, 0) is 9.59 Å². The van der Waals surface area contributed by atoms with Crippen LogP contribution in [0.15, 0.2) is 29.2 Å². The average Bonchev–Trinajstić information content (AvgIpc) is 3.01. The Hall–Kier alpha value is -1.90. The highest BCUT2D eigenvalue weighted by Gasteiger charge is 2.32. The van der Waals surface area contributed by atoms with Crippen LogP contribution in [0.5, 0.6) is 5.75 Å². The summed E-state index contributed by atoms with van der Waals surface area (Å²) in [5.74, 6) is 0.719. The molecule has 0 aromatic heterocycles. The third-order valence-electron chi connectivity index (χ3n) is 5.45. The van der Waals surface area contributed by atoms with Gasteiger partial charge < -0.3 is 14.7 Å². The minimum Gasteiger partial charge on any atom is -0.497 e. The average molecular weight is 449 g/mol. The molecule has 0 saturated carbocycles. The van der Waals surface area contributed by atoms with Crippen molar-refractivity contribution in [2.45, 2.75) is 44.6 Å². The Kier molecular flexibility index (Phi) is 8.30. The second kappa shape index (κ2) is 10.9. The molecule has 2 aliphatic rings. The van der Waals surface area contributed by atoms with Gasteiger partial charge in [0.25, 0.3) is 5.91 Å². The summed E-state index contributed by atoms with van der Waals surface area (Å²) in [4.78, 5) is 29.5. The van der Waals surface area contributed by atoms with E-state index in [2.05, 4.69) is 0 Å². The van der Waals surface area contributed by atoms with Crippen molar-refractivity contribution in [2.75, 3.05) is 26.8 Å². The molecule has 6 nitrogen and oxygen atoms in total. The highest BCUT2D eigenvalue weighted by atomic mass is 32.2. The van der Waals surface area contributed by atoms with Crippen LogP contribution in [0.1, 0.15) is 44.1 Å². The van der Waals surface area contributed by atoms with E-state index in [9.17, 15) is 14.7 Å². The van der Waals surface area contributed by atoms with Crippen molar-refractivity contribution >= 4 is 46.2 Å². The molecule has 1 aromatic carbocycles. The lowest BCUT2D eigenvalue weighted by molar-refractivity contribution is -0.135. The van der Waals surface area contributed by atoms with E-state index in [0.717, 1.165) is 37.1 Å². The fourth-order valence-electron chi connectivity index (χ4n) is 3.89. The molecule has 30 heavy (non-hydrogen) atoms. The quantitative estimate of drug-likeness (QED) is 0.485. The molecule has 2 fully saturated rings. The van der Waals surface area contributed by atoms with Crippen molar-refractivity contribution in [1.29, 1.82) is 0 Å². The predicted octanol–water partition coefficient (Wildman–Crippen LogP) is 3.44. The summed E-state index contributed by atoms with van der Waals surface area (Å²) in [5.41, 5.74) is 0.880. The van der Waals surface area contributed by atoms with E-state index in [1.807, 2.05) is 35.2 Å². The van der Waals surface area contributed by atoms with Gasteiger partial charge in [-0.05, 0) is 55.9 Å². The van der Waals surface area contributed by atoms with Crippen molar-refractivity contribution < 1.29 is 19.4 Å². The van der Waals surface area contributed by atoms with Crippen molar-refractivity contribution in [2.24, 2.45) is 0 Å². The number of hydrogen-bond donors (Lipinski definition) is 1. The number of methoxy groups -OCH3 is 1. The molecule has 1 unspecified atom stereocenters. The van der Waals surface area contributed by atoms with E-state index >= 15 is 0 Å². The summed E-state index contributed by atoms with van der Waals surface area (Å²) in [7, 11) is 1.61. The zero-order valence-corrected chi connectivity index (χ0v) is 18.8. The Morgan fingerprint density at radius 2 is 2.23 bits per heavy atom. The molecular formula is C22H28N2O4S2. The van der Waals surface area contributed by atoms with Crippen LogP contribution in [0.2, 0.25) is 0 Å². The predicted molar refractivity (Wildman–Crippen MR) is 123 cm³/mol. The summed E-state index contributed by atoms with van der Waals surface area (Å²) in [6, 6.07) is 7.65. The number of thiocarbonyl (C=S) groups is 1. The van der Waals surface area contributed by atoms with Gasteiger partial charge in [-0.25, -0.2) is 0 Å². The molecule has 0 radical (unpaired) electrons. The number of hydrogen-bond acceptors (Lipinski definition) is 6. The number of carbonyl (C=O) groups excluding carboxylic acids is 2. The van der Waals surface area contributed by atoms with E-state index in [1.54, 1.807) is 12.0 Å². The van der Waals surface area contributed by atoms with Gasteiger partial charge in [-0.1, -0.05) is 36.1 Å². The SMILES string of the molecule is COc1cccc(C=C2SC(=S)N(CCCC(=O)N3CCCCC3CCO)C2=O)c1. The van der Waals surface area contributed by atoms with E-state index in [4.69, 9.17) is 17.0 Å². The lowest BCUT2D eigenvalue weighted by atomic mass is 9.99. The molecule has 1 N–H and O–H groups in total. The first-order chi connectivity index (χ1) is 14.5. The van der Waals surface area contributed by atoms with Gasteiger partial charge in [-0.3, -0.25) is 14.5 Å². The molecular weight excluding hydrogens is 420 g/mol. The monoisotopic (exact) mass is 448 g/mol. The highest BCUT2D eigenvalue weighted by molar-refractivity contribution is 8.26. The molecule has 2 saturated heterocycles. The molecule has 2 aliphatic heterocycles. The van der Waals surface area contributed by atoms with Gasteiger partial charge >= 0.3 is 0 Å². The number of rotatable bonds is 8. The van der Waals surface area contributed by atoms with Crippen LogP contribution in [0.25, 0.3) is 6.08 Å². The molecule has 1 atom stereocenters. The van der Waals surface area contributed by atoms with Crippen LogP contribution in [0, 0.1) is 0 Å². The first-order valence-corrected chi connectivity index (χ1v) is 11.6. The summed E-state index contributed by atoms with van der Waals surface area (Å²) < 4.78 is 5.76. The minimum atomic E-state index is -0.114. The van der Waals surface area contributed by atoms with Crippen molar-refractivity contribution in [3.8, 4) is 5.75 Å². The van der Waals surface area contributed by atoms with E-state index in [0.29, 0.717) is 35.0 Å². The first kappa shape index (κ1) is 22.8. The van der Waals surface area contributed by atoms with Crippen LogP contribution in [-0.4, -0.2) is 63.9 Å². The molecule has 0 spiro atoms. The largest absolute Gasteiger partial charge is 0.497 e. The summed E-state index contributed by atoms with van der Waals surface area (Å²) in [6.07, 6.45) is 6.47. The molecule has 8 heteroatoms. The van der Waals surface area contributed by atoms with Gasteiger partial charge in [-0.15, -0.1) is 0 Å². The normalized spacial score (nSPS) is 20.9. The Labute approximate surface area is 187 Å². The first-order valence-electron chi connectivity index (χ1n) is 10.3. The van der Waals surface area contributed by atoms with Gasteiger partial charge in [0.1, 0.15) is 10.1 Å². The number of thioether (sulfide) groups is 1. The maximum atomic E-state index is 12.8. The van der Waals surface area contributed by atoms with Crippen molar-refractivity contribution in [3.63, 3.8) is 0 Å². The Bertz CT molecular complexity index is 825. The van der Waals surface area contributed by atoms with Crippen LogP contribution >= 0.6 is 24.0 Å². The van der Waals surface area contributed by atoms with E-state index in [-0.39, 0.29) is 24.5 Å². The number of piperidine rings is 1. The molecule has 3 rings (SSSR count). The maximum absolute atomic E-state index is 12.8. The second-order valence-corrected chi connectivity index (χ2v) is 9.14. The number of amides is 2. The standard InChI is InChI=1S/C22H28N2O4S2/c1-28-18-8-4-6-16(14-18)15-19-21(27)24(22(29)30-19)12-5-9-20(26)23-11-3-2-7-17(23)10-13-25/h4,6,8,14-15,17,25H,2-3,5,7,9-13H2,1H3. The smallest absolute Gasteiger partial charge is 0.266 e. The molecule has 0 aliphatic carbocycles. The van der Waals surface area contributed by atoms with Crippen molar-refractivity contribution in [1.82, 2.24) is 9.80 Å². The van der Waals surface area contributed by atoms with E-state index in [1.165, 1.54) is 11.8 Å². The van der Waals surface area contributed by atoms with Gasteiger partial charge in [0.05, 0.1) is 12.0 Å². The van der Waals surface area contributed by atoms with Crippen molar-refractivity contribution in [3.05, 3.63) is 34.7 Å². The minimum absolute atomic E-state index is 0.102. The van der Waals surface area contributed by atoms with Gasteiger partial charge in [0.2, 0.25) is 5.91 Å². The van der Waals surface area contributed by atoms with Crippen LogP contribution < -0.4 is 4.74 Å². The number of aliphatic hydroxyl groups excluding tert-OH is 1. The Morgan fingerprint density at radius 1 is 1.40 bits per heavy atom. The lowest BCUT2D eigenvalue weighted by Crippen LogP contribution is -2.44. The molecule has 0 bridgehead atoms. The maximum Gasteiger partial charge on any atom is 0.266 e. The van der Waals surface area contributed by atoms with Crippen LogP contribution in [0.4, 0.5) is 0 Å². The molecule has 162 valence electrons. The molecule has 2 heterocycles. The Balaban J connectivity index is 1.55. The summed E-state index contributed by atoms with van der Waals surface area (Å²) in [5, 5.41) is 9.24. The topological polar surface area (TPSA) is 70.1 Å². The fraction of sp³-hybridized carbons (Fsp3) is 0.500. The highest BCUT2D eigenvalue weighted by Crippen LogP contribution is 2.33. The third kappa shape index (κ3) is 5.62. The van der Waals surface area contributed by atoms with E-state index < -0.39 is 0 Å². The molecule has 2 amide bonds. The lowest BCUT2D eigenvalue weighted by Gasteiger charge is -2.35. The van der Waals surface area contributed by atoms with Gasteiger partial charge in [0, 0.05) is 32.2 Å². The number of ether oxygens (including phenoxy) is 1. The zero-order chi connectivity index (χ0) is 21.5. The molecule has 1 aromatic rings. The fourth-order valence-corrected chi connectivity index (χ4v) is 5.19. The second-order valence-electron chi connectivity index (χ2n) is 7.46. The number of likely N-dealkylation sites (tertiary alicyclic amines) is 1. The third-order valence-corrected chi connectivity index (χ3v) is 6.83. The number of benzene rings is 1. The summed E-state index contributed by atoms with van der Waals surface area (Å²) >= 11 is 6.69. The number of carbonyl (C=O) groups is 2. The number of aliphatic hydroxyl groups is 1. The van der Waals surface area contributed by atoms with Gasteiger partial charge in [-0.2, -0.15) is 0 Å². The summed E-state index contributed by atoms with van der Waals surface area (Å²) in [6.45, 7) is 1.29. The zero-order valence-electron chi connectivity index (χ0n) is 17.2. The van der Waals surface area contributed by atoms with Crippen LogP contribution in [0.3, 0.4) is 0 Å². The number of nitrogens with zero attached hydrogens (tertiary/aromatic N) is 2. The Morgan fingerprint density at radius 3 is 3.00 bits per heavy atom.